The van der Waals surface area contributed by atoms with Crippen LogP contribution in [0.4, 0.5) is 5.69 Å². The fraction of sp³-hybridized carbons (Fsp3) is 0.130. The average Bonchev–Trinajstić information content (AvgIpc) is 3.50. The Morgan fingerprint density at radius 3 is 2.66 bits per heavy atom. The van der Waals surface area contributed by atoms with Crippen LogP contribution in [-0.4, -0.2) is 22.0 Å². The molecule has 0 aliphatic rings. The van der Waals surface area contributed by atoms with Crippen LogP contribution in [0.2, 0.25) is 5.02 Å². The van der Waals surface area contributed by atoms with Gasteiger partial charge < -0.3 is 19.6 Å². The van der Waals surface area contributed by atoms with Gasteiger partial charge in [-0.2, -0.15) is 4.98 Å². The second-order valence-electron chi connectivity index (χ2n) is 6.93. The number of carbonyl (C=O) groups excluding carboxylic acids is 2. The molecule has 4 rings (SSSR count). The predicted octanol–water partition coefficient (Wildman–Crippen LogP) is 4.48. The van der Waals surface area contributed by atoms with Gasteiger partial charge in [0.25, 0.3) is 5.91 Å². The number of aromatic nitrogens is 2. The van der Waals surface area contributed by atoms with E-state index >= 15 is 0 Å². The Hall–Kier alpha value is -3.91. The number of hydrogen-bond acceptors (Lipinski definition) is 6. The van der Waals surface area contributed by atoms with Gasteiger partial charge in [-0.15, -0.1) is 0 Å². The molecule has 0 bridgehead atoms. The summed E-state index contributed by atoms with van der Waals surface area (Å²) in [4.78, 5) is 28.6. The van der Waals surface area contributed by atoms with Crippen LogP contribution in [0, 0.1) is 0 Å². The number of furan rings is 1. The third-order valence-corrected chi connectivity index (χ3v) is 4.81. The second-order valence-corrected chi connectivity index (χ2v) is 7.36. The smallest absolute Gasteiger partial charge is 0.291 e. The van der Waals surface area contributed by atoms with Crippen molar-refractivity contribution >= 4 is 29.1 Å². The van der Waals surface area contributed by atoms with Crippen LogP contribution < -0.4 is 10.6 Å². The van der Waals surface area contributed by atoms with Gasteiger partial charge in [0.15, 0.2) is 5.76 Å². The summed E-state index contributed by atoms with van der Waals surface area (Å²) in [5.41, 5.74) is 2.24. The van der Waals surface area contributed by atoms with E-state index in [-0.39, 0.29) is 24.0 Å². The number of amides is 2. The van der Waals surface area contributed by atoms with Crippen molar-refractivity contribution in [3.63, 3.8) is 0 Å². The third-order valence-electron chi connectivity index (χ3n) is 4.56. The number of halogens is 1. The Morgan fingerprint density at radius 2 is 1.88 bits per heavy atom. The Bertz CT molecular complexity index is 1200. The first-order valence-electron chi connectivity index (χ1n) is 9.86. The number of aryl methyl sites for hydroxylation is 1. The van der Waals surface area contributed by atoms with Crippen LogP contribution in [0.3, 0.4) is 0 Å². The van der Waals surface area contributed by atoms with E-state index in [1.807, 2.05) is 6.07 Å². The highest BCUT2D eigenvalue weighted by atomic mass is 35.5. The standard InChI is InChI=1S/C23H19ClN4O4/c24-17-8-6-16(7-9-17)22-27-21(32-28-22)11-10-20(29)25-14-15-3-1-4-18(13-15)26-23(30)19-5-2-12-31-19/h1-9,12-13H,10-11,14H2,(H,25,29)(H,26,30). The quantitative estimate of drug-likeness (QED) is 0.409. The molecule has 0 spiro atoms. The van der Waals surface area contributed by atoms with E-state index in [1.54, 1.807) is 54.6 Å². The molecule has 0 unspecified atom stereocenters. The maximum Gasteiger partial charge on any atom is 0.291 e. The molecule has 4 aromatic rings. The summed E-state index contributed by atoms with van der Waals surface area (Å²) in [6.07, 6.45) is 1.97. The first-order chi connectivity index (χ1) is 15.6. The van der Waals surface area contributed by atoms with E-state index in [9.17, 15) is 9.59 Å². The molecule has 2 amide bonds. The molecule has 0 fully saturated rings. The Morgan fingerprint density at radius 1 is 1.03 bits per heavy atom. The highest BCUT2D eigenvalue weighted by Crippen LogP contribution is 2.19. The molecule has 0 atom stereocenters. The largest absolute Gasteiger partial charge is 0.459 e. The zero-order chi connectivity index (χ0) is 22.3. The van der Waals surface area contributed by atoms with Gasteiger partial charge in [-0.3, -0.25) is 9.59 Å². The fourth-order valence-corrected chi connectivity index (χ4v) is 3.07. The van der Waals surface area contributed by atoms with Crippen molar-refractivity contribution in [3.05, 3.63) is 89.2 Å². The topological polar surface area (TPSA) is 110 Å². The van der Waals surface area contributed by atoms with Crippen molar-refractivity contribution < 1.29 is 18.5 Å². The van der Waals surface area contributed by atoms with E-state index in [0.717, 1.165) is 11.1 Å². The first-order valence-corrected chi connectivity index (χ1v) is 10.2. The van der Waals surface area contributed by atoms with Crippen molar-refractivity contribution in [2.45, 2.75) is 19.4 Å². The summed E-state index contributed by atoms with van der Waals surface area (Å²) in [7, 11) is 0. The average molecular weight is 451 g/mol. The number of hydrogen-bond donors (Lipinski definition) is 2. The zero-order valence-corrected chi connectivity index (χ0v) is 17.6. The van der Waals surface area contributed by atoms with E-state index in [2.05, 4.69) is 20.8 Å². The Balaban J connectivity index is 1.25. The number of rotatable bonds is 8. The van der Waals surface area contributed by atoms with E-state index in [0.29, 0.717) is 35.4 Å². The number of anilines is 1. The van der Waals surface area contributed by atoms with Crippen molar-refractivity contribution in [1.29, 1.82) is 0 Å². The molecular weight excluding hydrogens is 432 g/mol. The number of nitrogens with zero attached hydrogens (tertiary/aromatic N) is 2. The van der Waals surface area contributed by atoms with Crippen molar-refractivity contribution in [2.24, 2.45) is 0 Å². The van der Waals surface area contributed by atoms with Crippen molar-refractivity contribution in [2.75, 3.05) is 5.32 Å². The number of carbonyl (C=O) groups is 2. The predicted molar refractivity (Wildman–Crippen MR) is 118 cm³/mol. The van der Waals surface area contributed by atoms with Gasteiger partial charge in [-0.1, -0.05) is 28.9 Å². The number of nitrogens with one attached hydrogen (secondary N) is 2. The molecule has 162 valence electrons. The molecule has 2 aromatic heterocycles. The van der Waals surface area contributed by atoms with Crippen molar-refractivity contribution in [3.8, 4) is 11.4 Å². The Kier molecular flexibility index (Phi) is 6.62. The molecule has 2 N–H and O–H groups in total. The van der Waals surface area contributed by atoms with Gasteiger partial charge in [0, 0.05) is 35.7 Å². The highest BCUT2D eigenvalue weighted by Gasteiger charge is 2.12. The maximum atomic E-state index is 12.2. The van der Waals surface area contributed by atoms with Crippen LogP contribution in [0.5, 0.6) is 0 Å². The van der Waals surface area contributed by atoms with Crippen LogP contribution in [0.25, 0.3) is 11.4 Å². The molecule has 9 heteroatoms. The summed E-state index contributed by atoms with van der Waals surface area (Å²) in [6, 6.07) is 17.5. The maximum absolute atomic E-state index is 12.2. The normalized spacial score (nSPS) is 10.7. The monoisotopic (exact) mass is 450 g/mol. The van der Waals surface area contributed by atoms with Crippen LogP contribution in [0.1, 0.15) is 28.4 Å². The Labute approximate surface area is 188 Å². The number of benzene rings is 2. The van der Waals surface area contributed by atoms with Crippen LogP contribution in [-0.2, 0) is 17.8 Å². The third kappa shape index (κ3) is 5.61. The van der Waals surface area contributed by atoms with Gasteiger partial charge in [-0.25, -0.2) is 0 Å². The second kappa shape index (κ2) is 9.93. The van der Waals surface area contributed by atoms with E-state index < -0.39 is 0 Å². The minimum absolute atomic E-state index is 0.152. The lowest BCUT2D eigenvalue weighted by Gasteiger charge is -2.08. The molecule has 32 heavy (non-hydrogen) atoms. The molecule has 0 saturated heterocycles. The summed E-state index contributed by atoms with van der Waals surface area (Å²) >= 11 is 5.88. The lowest BCUT2D eigenvalue weighted by atomic mass is 10.2. The van der Waals surface area contributed by atoms with Gasteiger partial charge in [-0.05, 0) is 54.1 Å². The summed E-state index contributed by atoms with van der Waals surface area (Å²) in [5.74, 6) is 0.567. The minimum atomic E-state index is -0.339. The van der Waals surface area contributed by atoms with Crippen molar-refractivity contribution in [1.82, 2.24) is 15.5 Å². The molecule has 0 saturated carbocycles. The van der Waals surface area contributed by atoms with Gasteiger partial charge in [0.05, 0.1) is 6.26 Å². The van der Waals surface area contributed by atoms with E-state index in [1.165, 1.54) is 6.26 Å². The minimum Gasteiger partial charge on any atom is -0.459 e. The van der Waals surface area contributed by atoms with Gasteiger partial charge in [0.2, 0.25) is 17.6 Å². The van der Waals surface area contributed by atoms with Gasteiger partial charge >= 0.3 is 0 Å². The van der Waals surface area contributed by atoms with Crippen LogP contribution in [0.15, 0.2) is 75.9 Å². The summed E-state index contributed by atoms with van der Waals surface area (Å²) in [6.45, 7) is 0.323. The first kappa shape index (κ1) is 21.3. The SMILES string of the molecule is O=C(CCc1nc(-c2ccc(Cl)cc2)no1)NCc1cccc(NC(=O)c2ccco2)c1. The summed E-state index contributed by atoms with van der Waals surface area (Å²) < 4.78 is 10.3. The molecule has 0 radical (unpaired) electrons. The molecule has 2 heterocycles. The fourth-order valence-electron chi connectivity index (χ4n) is 2.94. The molecule has 0 aliphatic heterocycles. The molecule has 2 aromatic carbocycles. The summed E-state index contributed by atoms with van der Waals surface area (Å²) in [5, 5.41) is 10.2. The molecular formula is C23H19ClN4O4. The molecule has 0 aliphatic carbocycles. The highest BCUT2D eigenvalue weighted by molar-refractivity contribution is 6.30. The van der Waals surface area contributed by atoms with Gasteiger partial charge in [0.1, 0.15) is 0 Å². The lowest BCUT2D eigenvalue weighted by molar-refractivity contribution is -0.121. The lowest BCUT2D eigenvalue weighted by Crippen LogP contribution is -2.23. The van der Waals surface area contributed by atoms with E-state index in [4.69, 9.17) is 20.5 Å². The van der Waals surface area contributed by atoms with Crippen LogP contribution >= 0.6 is 11.6 Å². The zero-order valence-electron chi connectivity index (χ0n) is 16.9. The molecule has 8 nitrogen and oxygen atoms in total.